The topological polar surface area (TPSA) is 73.8 Å². The Labute approximate surface area is 426 Å². The number of rotatable bonds is 7. The lowest BCUT2D eigenvalue weighted by Gasteiger charge is -2.42. The minimum Gasteiger partial charge on any atom is -0.399 e. The zero-order chi connectivity index (χ0) is 50.8. The average molecular weight is 958 g/mol. The van der Waals surface area contributed by atoms with Crippen LogP contribution in [-0.4, -0.2) is 73.3 Å². The number of benzene rings is 8. The molecule has 4 aliphatic heterocycles. The standard InChI is InChI=1S/C60H66B4O8/c1-53(2)54(3,4)66-61(65-53)41-21-28-45-38(33-41)17-25-49-46-30-23-43(35-39(46)18-26-48(45)49)63-69-57(9,10)59(13,71-63)31-32-60(14)58(11,12)70-64(72-60)44-20-15-37-16-24-50-47-29-22-42(62-67-55(5,6)56(7,8)68-62)34-40(47)19-27-51(50)52(37)36-44/h15-30,33-36H,31-32H2,1-14H3. The highest BCUT2D eigenvalue weighted by Gasteiger charge is 2.59. The summed E-state index contributed by atoms with van der Waals surface area (Å²) in [5, 5.41) is 14.2. The lowest BCUT2D eigenvalue weighted by atomic mass is 9.76. The summed E-state index contributed by atoms with van der Waals surface area (Å²) in [4.78, 5) is 0. The molecule has 4 saturated heterocycles. The lowest BCUT2D eigenvalue weighted by Crippen LogP contribution is -2.50. The molecule has 8 aromatic carbocycles. The Morgan fingerprint density at radius 2 is 0.500 bits per heavy atom. The first-order chi connectivity index (χ1) is 33.8. The minimum atomic E-state index is -0.612. The predicted molar refractivity (Wildman–Crippen MR) is 299 cm³/mol. The average Bonchev–Trinajstić information content (AvgIpc) is 3.91. The van der Waals surface area contributed by atoms with E-state index in [-0.39, 0.29) is 0 Å². The van der Waals surface area contributed by atoms with Gasteiger partial charge in [0, 0.05) is 0 Å². The highest BCUT2D eigenvalue weighted by molar-refractivity contribution is 6.64. The van der Waals surface area contributed by atoms with E-state index in [2.05, 4.69) is 218 Å². The van der Waals surface area contributed by atoms with E-state index in [0.717, 1.165) is 38.0 Å². The Balaban J connectivity index is 0.760. The maximum absolute atomic E-state index is 7.06. The number of hydrogen-bond acceptors (Lipinski definition) is 8. The molecule has 4 heterocycles. The van der Waals surface area contributed by atoms with Crippen molar-refractivity contribution in [3.8, 4) is 0 Å². The summed E-state index contributed by atoms with van der Waals surface area (Å²) in [5.41, 5.74) is 0.0928. The van der Waals surface area contributed by atoms with Gasteiger partial charge < -0.3 is 37.2 Å². The largest absolute Gasteiger partial charge is 0.494 e. The van der Waals surface area contributed by atoms with Gasteiger partial charge in [-0.05, 0) is 196 Å². The van der Waals surface area contributed by atoms with Gasteiger partial charge in [0.25, 0.3) is 0 Å². The second kappa shape index (κ2) is 15.9. The van der Waals surface area contributed by atoms with Crippen molar-refractivity contribution >= 4 is 115 Å². The predicted octanol–water partition coefficient (Wildman–Crippen LogP) is 11.2. The molecular weight excluding hydrogens is 892 g/mol. The van der Waals surface area contributed by atoms with Crippen molar-refractivity contribution in [1.29, 1.82) is 0 Å². The van der Waals surface area contributed by atoms with Gasteiger partial charge in [-0.25, -0.2) is 0 Å². The molecular formula is C60H66B4O8. The quantitative estimate of drug-likeness (QED) is 0.116. The van der Waals surface area contributed by atoms with Crippen molar-refractivity contribution in [1.82, 2.24) is 0 Å². The molecule has 4 aliphatic rings. The third kappa shape index (κ3) is 7.44. The molecule has 0 N–H and O–H groups in total. The van der Waals surface area contributed by atoms with Crippen molar-refractivity contribution in [2.45, 2.75) is 155 Å². The zero-order valence-corrected chi connectivity index (χ0v) is 44.5. The summed E-state index contributed by atoms with van der Waals surface area (Å²) < 4.78 is 53.3. The molecule has 0 aromatic heterocycles. The molecule has 12 rings (SSSR count). The first-order valence-corrected chi connectivity index (χ1v) is 26.0. The van der Waals surface area contributed by atoms with Crippen LogP contribution in [0.2, 0.25) is 0 Å². The van der Waals surface area contributed by atoms with Gasteiger partial charge >= 0.3 is 28.5 Å². The fraction of sp³-hybridized carbons (Fsp3) is 0.400. The molecule has 0 saturated carbocycles. The molecule has 0 spiro atoms. The van der Waals surface area contributed by atoms with E-state index in [0.29, 0.717) is 12.8 Å². The molecule has 2 unspecified atom stereocenters. The second-order valence-corrected chi connectivity index (χ2v) is 24.7. The minimum absolute atomic E-state index is 0.392. The van der Waals surface area contributed by atoms with Gasteiger partial charge in [0.1, 0.15) is 0 Å². The SMILES string of the molecule is CC1(C)OB(c2ccc3c(ccc4c5ccc(B6OC(C)(C)C(C)(CCC7(C)OB(c8ccc9ccc%10c%11ccc(B%12OC(C)(C)C(C)(C)O%12)cc%11ccc%10c9c8)OC7(C)C)O6)cc5ccc34)c2)OC1(C)C. The molecule has 8 nitrogen and oxygen atoms in total. The summed E-state index contributed by atoms with van der Waals surface area (Å²) in [6.07, 6.45) is 1.42. The van der Waals surface area contributed by atoms with Crippen LogP contribution in [0.15, 0.2) is 121 Å². The molecule has 0 aliphatic carbocycles. The van der Waals surface area contributed by atoms with Crippen molar-refractivity contribution in [2.24, 2.45) is 0 Å². The summed E-state index contributed by atoms with van der Waals surface area (Å²) >= 11 is 0. The third-order valence-electron chi connectivity index (χ3n) is 18.5. The number of hydrogen-bond donors (Lipinski definition) is 0. The molecule has 0 radical (unpaired) electrons. The van der Waals surface area contributed by atoms with E-state index in [1.54, 1.807) is 0 Å². The van der Waals surface area contributed by atoms with E-state index >= 15 is 0 Å². The highest BCUT2D eigenvalue weighted by atomic mass is 16.7. The summed E-state index contributed by atoms with van der Waals surface area (Å²) in [6, 6.07) is 44.1. The first kappa shape index (κ1) is 48.2. The normalized spacial score (nSPS) is 25.1. The molecule has 366 valence electrons. The highest BCUT2D eigenvalue weighted by Crippen LogP contribution is 2.47. The van der Waals surface area contributed by atoms with Gasteiger partial charge in [0.05, 0.1) is 44.8 Å². The first-order valence-electron chi connectivity index (χ1n) is 26.0. The van der Waals surface area contributed by atoms with Crippen LogP contribution >= 0.6 is 0 Å². The van der Waals surface area contributed by atoms with Crippen molar-refractivity contribution in [3.63, 3.8) is 0 Å². The maximum atomic E-state index is 7.06. The summed E-state index contributed by atoms with van der Waals surface area (Å²) in [7, 11) is -1.87. The summed E-state index contributed by atoms with van der Waals surface area (Å²) in [5.74, 6) is 0. The van der Waals surface area contributed by atoms with E-state index in [1.165, 1.54) is 48.5 Å². The van der Waals surface area contributed by atoms with Crippen LogP contribution in [0.5, 0.6) is 0 Å². The van der Waals surface area contributed by atoms with E-state index < -0.39 is 73.3 Å². The van der Waals surface area contributed by atoms with Crippen LogP contribution in [0.25, 0.3) is 64.6 Å². The van der Waals surface area contributed by atoms with Crippen LogP contribution in [0.3, 0.4) is 0 Å². The molecule has 72 heavy (non-hydrogen) atoms. The van der Waals surface area contributed by atoms with Gasteiger partial charge in [-0.2, -0.15) is 0 Å². The molecule has 12 heteroatoms. The summed E-state index contributed by atoms with van der Waals surface area (Å²) in [6.45, 7) is 29.7. The molecule has 8 aromatic rings. The smallest absolute Gasteiger partial charge is 0.399 e. The third-order valence-corrected chi connectivity index (χ3v) is 18.5. The van der Waals surface area contributed by atoms with Gasteiger partial charge in [0.2, 0.25) is 0 Å². The van der Waals surface area contributed by atoms with Crippen LogP contribution in [-0.2, 0) is 37.2 Å². The van der Waals surface area contributed by atoms with Crippen LogP contribution < -0.4 is 21.9 Å². The Morgan fingerprint density at radius 3 is 0.861 bits per heavy atom. The van der Waals surface area contributed by atoms with E-state index in [4.69, 9.17) is 37.2 Å². The van der Waals surface area contributed by atoms with E-state index in [9.17, 15) is 0 Å². The van der Waals surface area contributed by atoms with Crippen molar-refractivity contribution < 1.29 is 37.2 Å². The monoisotopic (exact) mass is 959 g/mol. The fourth-order valence-corrected chi connectivity index (χ4v) is 11.4. The Morgan fingerprint density at radius 1 is 0.250 bits per heavy atom. The van der Waals surface area contributed by atoms with Gasteiger partial charge in [-0.15, -0.1) is 0 Å². The molecule has 0 bridgehead atoms. The molecule has 2 atom stereocenters. The lowest BCUT2D eigenvalue weighted by molar-refractivity contribution is -0.0576. The van der Waals surface area contributed by atoms with Gasteiger partial charge in [-0.1, -0.05) is 121 Å². The van der Waals surface area contributed by atoms with Crippen molar-refractivity contribution in [2.75, 3.05) is 0 Å². The van der Waals surface area contributed by atoms with Crippen LogP contribution in [0, 0.1) is 0 Å². The van der Waals surface area contributed by atoms with Gasteiger partial charge in [-0.3, -0.25) is 0 Å². The Bertz CT molecular complexity index is 3520. The Kier molecular flexibility index (Phi) is 10.6. The van der Waals surface area contributed by atoms with Crippen molar-refractivity contribution in [3.05, 3.63) is 121 Å². The molecule has 0 amide bonds. The Hall–Kier alpha value is -4.74. The fourth-order valence-electron chi connectivity index (χ4n) is 11.4. The number of fused-ring (bicyclic) bond motifs is 10. The second-order valence-electron chi connectivity index (χ2n) is 24.7. The van der Waals surface area contributed by atoms with E-state index in [1.807, 2.05) is 0 Å². The molecule has 4 fully saturated rings. The van der Waals surface area contributed by atoms with Crippen LogP contribution in [0.4, 0.5) is 0 Å². The van der Waals surface area contributed by atoms with Crippen LogP contribution in [0.1, 0.15) is 110 Å². The zero-order valence-electron chi connectivity index (χ0n) is 44.5. The van der Waals surface area contributed by atoms with Gasteiger partial charge in [0.15, 0.2) is 0 Å². The maximum Gasteiger partial charge on any atom is 0.494 e.